The number of aromatic nitrogens is 2. The number of hydrogen-bond acceptors (Lipinski definition) is 5. The van der Waals surface area contributed by atoms with Crippen LogP contribution in [-0.4, -0.2) is 26.7 Å². The highest BCUT2D eigenvalue weighted by Gasteiger charge is 2.47. The van der Waals surface area contributed by atoms with E-state index in [1.807, 2.05) is 31.4 Å². The molecule has 1 aliphatic rings. The van der Waals surface area contributed by atoms with Gasteiger partial charge in [0.25, 0.3) is 0 Å². The Morgan fingerprint density at radius 1 is 1.52 bits per heavy atom. The monoisotopic (exact) mass is 306 g/mol. The first-order chi connectivity index (χ1) is 10.0. The Labute approximate surface area is 124 Å². The smallest absolute Gasteiger partial charge is 0.301 e. The maximum Gasteiger partial charge on any atom is 0.301 e. The minimum Gasteiger partial charge on any atom is -0.305 e. The van der Waals surface area contributed by atoms with Crippen LogP contribution in [0.1, 0.15) is 36.2 Å². The molecule has 0 spiro atoms. The highest BCUT2D eigenvalue weighted by Crippen LogP contribution is 2.40. The van der Waals surface area contributed by atoms with Gasteiger partial charge in [0.1, 0.15) is 11.7 Å². The molecule has 110 valence electrons. The Hall–Kier alpha value is -2.22. The predicted molar refractivity (Wildman–Crippen MR) is 78.2 cm³/mol. The van der Waals surface area contributed by atoms with E-state index in [9.17, 15) is 14.9 Å². The van der Waals surface area contributed by atoms with E-state index in [1.54, 1.807) is 10.9 Å². The van der Waals surface area contributed by atoms with Crippen LogP contribution in [-0.2, 0) is 4.79 Å². The maximum absolute atomic E-state index is 12.2. The fraction of sp³-hybridized carbons (Fsp3) is 0.385. The molecule has 3 heterocycles. The number of carbonyl (C=O) groups is 1. The van der Waals surface area contributed by atoms with Gasteiger partial charge in [-0.1, -0.05) is 6.07 Å². The summed E-state index contributed by atoms with van der Waals surface area (Å²) in [4.78, 5) is 23.8. The van der Waals surface area contributed by atoms with E-state index in [-0.39, 0.29) is 6.04 Å². The lowest BCUT2D eigenvalue weighted by atomic mass is 9.88. The Morgan fingerprint density at radius 2 is 2.29 bits per heavy atom. The summed E-state index contributed by atoms with van der Waals surface area (Å²) in [5.74, 6) is -0.615. The maximum atomic E-state index is 12.2. The summed E-state index contributed by atoms with van der Waals surface area (Å²) in [6, 6.07) is 2.39. The van der Waals surface area contributed by atoms with Gasteiger partial charge < -0.3 is 5.32 Å². The molecular weight excluding hydrogens is 292 g/mol. The van der Waals surface area contributed by atoms with Gasteiger partial charge in [0.15, 0.2) is 0 Å². The average molecular weight is 306 g/mol. The molecule has 2 aromatic heterocycles. The van der Waals surface area contributed by atoms with Crippen molar-refractivity contribution < 1.29 is 9.72 Å². The van der Waals surface area contributed by atoms with E-state index < -0.39 is 22.8 Å². The quantitative estimate of drug-likeness (QED) is 0.695. The van der Waals surface area contributed by atoms with Crippen LogP contribution in [0.5, 0.6) is 0 Å². The summed E-state index contributed by atoms with van der Waals surface area (Å²) in [7, 11) is 0. The first-order valence-corrected chi connectivity index (χ1v) is 7.44. The molecule has 21 heavy (non-hydrogen) atoms. The number of amides is 1. The van der Waals surface area contributed by atoms with Crippen LogP contribution in [0.3, 0.4) is 0 Å². The van der Waals surface area contributed by atoms with E-state index in [1.165, 1.54) is 11.3 Å². The third-order valence-corrected chi connectivity index (χ3v) is 4.51. The normalized spacial score (nSPS) is 21.2. The van der Waals surface area contributed by atoms with E-state index in [2.05, 4.69) is 10.4 Å². The van der Waals surface area contributed by atoms with E-state index >= 15 is 0 Å². The molecule has 8 heteroatoms. The lowest BCUT2D eigenvalue weighted by Gasteiger charge is -2.26. The highest BCUT2D eigenvalue weighted by molar-refractivity contribution is 7.10. The number of nitro groups is 1. The molecule has 0 saturated heterocycles. The van der Waals surface area contributed by atoms with Gasteiger partial charge in [-0.05, 0) is 25.3 Å². The van der Waals surface area contributed by atoms with Gasteiger partial charge in [-0.25, -0.2) is 4.68 Å². The van der Waals surface area contributed by atoms with E-state index in [4.69, 9.17) is 0 Å². The van der Waals surface area contributed by atoms with Crippen molar-refractivity contribution in [3.63, 3.8) is 0 Å². The second-order valence-electron chi connectivity index (χ2n) is 5.20. The molecule has 0 aliphatic carbocycles. The molecular formula is C13H14N4O3S. The van der Waals surface area contributed by atoms with Crippen LogP contribution in [0, 0.1) is 10.1 Å². The van der Waals surface area contributed by atoms with Crippen LogP contribution in [0.4, 0.5) is 5.82 Å². The van der Waals surface area contributed by atoms with Crippen LogP contribution in [0.15, 0.2) is 23.7 Å². The molecule has 0 bridgehead atoms. The zero-order chi connectivity index (χ0) is 15.1. The van der Waals surface area contributed by atoms with Crippen LogP contribution in [0.25, 0.3) is 0 Å². The Balaban J connectivity index is 2.18. The summed E-state index contributed by atoms with van der Waals surface area (Å²) >= 11 is 1.41. The number of carbonyl (C=O) groups excluding carboxylic acids is 1. The van der Waals surface area contributed by atoms with Crippen molar-refractivity contribution in [3.05, 3.63) is 44.3 Å². The van der Waals surface area contributed by atoms with Crippen molar-refractivity contribution >= 4 is 23.1 Å². The van der Waals surface area contributed by atoms with Crippen molar-refractivity contribution in [3.8, 4) is 0 Å². The fourth-order valence-corrected chi connectivity index (χ4v) is 3.50. The van der Waals surface area contributed by atoms with Gasteiger partial charge in [0.05, 0.1) is 6.20 Å². The first kappa shape index (κ1) is 13.7. The van der Waals surface area contributed by atoms with Gasteiger partial charge in [-0.15, -0.1) is 11.3 Å². The van der Waals surface area contributed by atoms with Crippen molar-refractivity contribution in [1.82, 2.24) is 9.78 Å². The molecule has 2 aromatic rings. The van der Waals surface area contributed by atoms with Crippen LogP contribution >= 0.6 is 11.3 Å². The molecule has 0 saturated carbocycles. The molecule has 0 aromatic carbocycles. The number of rotatable bonds is 3. The molecule has 7 nitrogen and oxygen atoms in total. The number of fused-ring (bicyclic) bond motifs is 1. The molecule has 0 radical (unpaired) electrons. The Kier molecular flexibility index (Phi) is 3.25. The lowest BCUT2D eigenvalue weighted by Crippen LogP contribution is -2.44. The third-order valence-electron chi connectivity index (χ3n) is 3.55. The Morgan fingerprint density at radius 3 is 2.86 bits per heavy atom. The summed E-state index contributed by atoms with van der Waals surface area (Å²) in [5.41, 5.74) is 0.701. The highest BCUT2D eigenvalue weighted by atomic mass is 32.1. The van der Waals surface area contributed by atoms with Gasteiger partial charge in [0, 0.05) is 21.4 Å². The molecule has 1 aliphatic heterocycles. The zero-order valence-corrected chi connectivity index (χ0v) is 12.3. The number of anilines is 1. The van der Waals surface area contributed by atoms with Gasteiger partial charge in [0.2, 0.25) is 0 Å². The van der Waals surface area contributed by atoms with Crippen LogP contribution < -0.4 is 5.32 Å². The minimum atomic E-state index is -1.32. The molecule has 2 atom stereocenters. The van der Waals surface area contributed by atoms with Crippen molar-refractivity contribution in [2.24, 2.45) is 0 Å². The lowest BCUT2D eigenvalue weighted by molar-refractivity contribution is -0.509. The minimum absolute atomic E-state index is 0.0604. The SMILES string of the molecule is CC(C)n1ncc2c1NC(=O)[C@H]([N+](=O)[O-])[C@@H]2c1cccs1. The second-order valence-corrected chi connectivity index (χ2v) is 6.18. The standard InChI is InChI=1S/C13H14N4O3S/c1-7(2)16-12-8(6-14-16)10(9-4-3-5-21-9)11(17(19)20)13(18)15-12/h3-7,10-11H,1-2H3,(H,15,18)/t10-,11+/m0/s1. The summed E-state index contributed by atoms with van der Waals surface area (Å²) in [5, 5.41) is 20.1. The topological polar surface area (TPSA) is 90.1 Å². The first-order valence-electron chi connectivity index (χ1n) is 6.56. The second kappa shape index (κ2) is 4.96. The van der Waals surface area contributed by atoms with E-state index in [0.29, 0.717) is 11.4 Å². The molecule has 1 N–H and O–H groups in total. The van der Waals surface area contributed by atoms with Gasteiger partial charge in [-0.2, -0.15) is 5.10 Å². The third kappa shape index (κ3) is 2.11. The van der Waals surface area contributed by atoms with Crippen LogP contribution in [0.2, 0.25) is 0 Å². The zero-order valence-electron chi connectivity index (χ0n) is 11.5. The van der Waals surface area contributed by atoms with Crippen molar-refractivity contribution in [1.29, 1.82) is 0 Å². The number of nitrogens with one attached hydrogen (secondary N) is 1. The molecule has 1 amide bonds. The summed E-state index contributed by atoms with van der Waals surface area (Å²) in [6.45, 7) is 3.89. The predicted octanol–water partition coefficient (Wildman–Crippen LogP) is 2.25. The molecule has 3 rings (SSSR count). The fourth-order valence-electron chi connectivity index (χ4n) is 2.63. The average Bonchev–Trinajstić information content (AvgIpc) is 3.05. The number of nitrogens with zero attached hydrogens (tertiary/aromatic N) is 3. The summed E-state index contributed by atoms with van der Waals surface area (Å²) < 4.78 is 1.68. The van der Waals surface area contributed by atoms with Crippen molar-refractivity contribution in [2.75, 3.05) is 5.32 Å². The van der Waals surface area contributed by atoms with Gasteiger partial charge in [-0.3, -0.25) is 14.9 Å². The largest absolute Gasteiger partial charge is 0.305 e. The van der Waals surface area contributed by atoms with E-state index in [0.717, 1.165) is 4.88 Å². The molecule has 0 unspecified atom stereocenters. The number of thiophene rings is 1. The van der Waals surface area contributed by atoms with Gasteiger partial charge >= 0.3 is 11.9 Å². The Bertz CT molecular complexity index is 692. The number of hydrogen-bond donors (Lipinski definition) is 1. The summed E-state index contributed by atoms with van der Waals surface area (Å²) in [6.07, 6.45) is 1.62. The van der Waals surface area contributed by atoms with Crippen molar-refractivity contribution in [2.45, 2.75) is 31.8 Å². The molecule has 0 fully saturated rings.